The molecule has 0 aliphatic rings. The van der Waals surface area contributed by atoms with E-state index in [2.05, 4.69) is 4.98 Å². The fourth-order valence-electron chi connectivity index (χ4n) is 1.61. The van der Waals surface area contributed by atoms with Crippen molar-refractivity contribution in [1.29, 1.82) is 0 Å². The Morgan fingerprint density at radius 3 is 2.14 bits per heavy atom. The van der Waals surface area contributed by atoms with E-state index in [1.165, 1.54) is 23.2 Å². The molecule has 1 aromatic carbocycles. The predicted octanol–water partition coefficient (Wildman–Crippen LogP) is 2.27. The molecular formula is C15H14N2O4. The lowest BCUT2D eigenvalue weighted by atomic mass is 10.2. The van der Waals surface area contributed by atoms with Gasteiger partial charge in [-0.15, -0.1) is 0 Å². The zero-order chi connectivity index (χ0) is 15.4. The topological polar surface area (TPSA) is 79.7 Å². The number of hydrogen-bond acceptors (Lipinski definition) is 4. The number of carboxylic acids is 1. The summed E-state index contributed by atoms with van der Waals surface area (Å²) in [4.78, 5) is 28.0. The molecule has 0 spiro atoms. The van der Waals surface area contributed by atoms with Gasteiger partial charge in [0.15, 0.2) is 0 Å². The third-order valence-electron chi connectivity index (χ3n) is 2.71. The lowest BCUT2D eigenvalue weighted by Gasteiger charge is -2.10. The van der Waals surface area contributed by atoms with Crippen LogP contribution in [-0.4, -0.2) is 41.0 Å². The summed E-state index contributed by atoms with van der Waals surface area (Å²) >= 11 is 0. The van der Waals surface area contributed by atoms with E-state index >= 15 is 0 Å². The summed E-state index contributed by atoms with van der Waals surface area (Å²) in [5, 5.41) is 8.80. The molecule has 6 heteroatoms. The van der Waals surface area contributed by atoms with E-state index in [-0.39, 0.29) is 11.5 Å². The molecular weight excluding hydrogens is 272 g/mol. The molecule has 6 nitrogen and oxygen atoms in total. The summed E-state index contributed by atoms with van der Waals surface area (Å²) in [6.45, 7) is 0. The summed E-state index contributed by atoms with van der Waals surface area (Å²) < 4.78 is 5.48. The number of carbonyl (C=O) groups excluding carboxylic acids is 1. The minimum absolute atomic E-state index is 0.139. The highest BCUT2D eigenvalue weighted by Gasteiger charge is 2.09. The van der Waals surface area contributed by atoms with Crippen molar-refractivity contribution in [3.8, 4) is 11.6 Å². The maximum atomic E-state index is 11.7. The second kappa shape index (κ2) is 6.04. The molecule has 21 heavy (non-hydrogen) atoms. The third kappa shape index (κ3) is 3.56. The maximum absolute atomic E-state index is 11.7. The standard InChI is InChI=1S/C15H14N2O4/c1-17(2)14(18)11-5-8-13(16-9-11)21-12-6-3-10(4-7-12)15(19)20/h3-9H,1-2H3,(H,19,20). The Kier molecular flexibility index (Phi) is 4.18. The zero-order valence-corrected chi connectivity index (χ0v) is 11.6. The van der Waals surface area contributed by atoms with Crippen molar-refractivity contribution in [2.75, 3.05) is 14.1 Å². The number of hydrogen-bond donors (Lipinski definition) is 1. The van der Waals surface area contributed by atoms with E-state index in [1.54, 1.807) is 38.4 Å². The highest BCUT2D eigenvalue weighted by Crippen LogP contribution is 2.20. The summed E-state index contributed by atoms with van der Waals surface area (Å²) in [5.74, 6) is -0.335. The van der Waals surface area contributed by atoms with Gasteiger partial charge in [-0.1, -0.05) is 0 Å². The number of pyridine rings is 1. The van der Waals surface area contributed by atoms with Gasteiger partial charge in [-0.25, -0.2) is 9.78 Å². The SMILES string of the molecule is CN(C)C(=O)c1ccc(Oc2ccc(C(=O)O)cc2)nc1. The molecule has 2 aromatic rings. The van der Waals surface area contributed by atoms with Crippen LogP contribution in [0.1, 0.15) is 20.7 Å². The normalized spacial score (nSPS) is 10.0. The van der Waals surface area contributed by atoms with Gasteiger partial charge in [-0.05, 0) is 30.3 Å². The number of rotatable bonds is 4. The Balaban J connectivity index is 2.09. The summed E-state index contributed by atoms with van der Waals surface area (Å²) in [6, 6.07) is 9.19. The van der Waals surface area contributed by atoms with Gasteiger partial charge in [0.05, 0.1) is 11.1 Å². The van der Waals surface area contributed by atoms with Gasteiger partial charge in [-0.3, -0.25) is 4.79 Å². The number of aromatic carboxylic acids is 1. The minimum Gasteiger partial charge on any atom is -0.478 e. The molecule has 0 radical (unpaired) electrons. The van der Waals surface area contributed by atoms with Crippen molar-refractivity contribution in [3.05, 3.63) is 53.7 Å². The number of aromatic nitrogens is 1. The van der Waals surface area contributed by atoms with Crippen LogP contribution in [0.25, 0.3) is 0 Å². The molecule has 1 heterocycles. The van der Waals surface area contributed by atoms with E-state index < -0.39 is 5.97 Å². The number of carboxylic acid groups (broad SMARTS) is 1. The number of carbonyl (C=O) groups is 2. The summed E-state index contributed by atoms with van der Waals surface area (Å²) in [5.41, 5.74) is 0.649. The van der Waals surface area contributed by atoms with Crippen molar-refractivity contribution in [3.63, 3.8) is 0 Å². The van der Waals surface area contributed by atoms with Crippen molar-refractivity contribution in [1.82, 2.24) is 9.88 Å². The molecule has 2 rings (SSSR count). The van der Waals surface area contributed by atoms with E-state index in [9.17, 15) is 9.59 Å². The monoisotopic (exact) mass is 286 g/mol. The molecule has 1 aromatic heterocycles. The van der Waals surface area contributed by atoms with E-state index in [0.29, 0.717) is 17.2 Å². The van der Waals surface area contributed by atoms with Crippen LogP contribution in [0, 0.1) is 0 Å². The van der Waals surface area contributed by atoms with Crippen molar-refractivity contribution in [2.45, 2.75) is 0 Å². The smallest absolute Gasteiger partial charge is 0.335 e. The molecule has 0 unspecified atom stereocenters. The third-order valence-corrected chi connectivity index (χ3v) is 2.71. The average Bonchev–Trinajstić information content (AvgIpc) is 2.47. The quantitative estimate of drug-likeness (QED) is 0.932. The molecule has 1 amide bonds. The summed E-state index contributed by atoms with van der Waals surface area (Å²) in [6.07, 6.45) is 1.43. The van der Waals surface area contributed by atoms with Crippen molar-refractivity contribution < 1.29 is 19.4 Å². The van der Waals surface area contributed by atoms with Gasteiger partial charge in [0.1, 0.15) is 5.75 Å². The van der Waals surface area contributed by atoms with Crippen LogP contribution in [-0.2, 0) is 0 Å². The van der Waals surface area contributed by atoms with E-state index in [1.807, 2.05) is 0 Å². The van der Waals surface area contributed by atoms with E-state index in [4.69, 9.17) is 9.84 Å². The Hall–Kier alpha value is -2.89. The van der Waals surface area contributed by atoms with Gasteiger partial charge in [0, 0.05) is 26.4 Å². The lowest BCUT2D eigenvalue weighted by Crippen LogP contribution is -2.21. The fraction of sp³-hybridized carbons (Fsp3) is 0.133. The maximum Gasteiger partial charge on any atom is 0.335 e. The number of benzene rings is 1. The van der Waals surface area contributed by atoms with Crippen LogP contribution in [0.3, 0.4) is 0 Å². The number of amides is 1. The fourth-order valence-corrected chi connectivity index (χ4v) is 1.61. The van der Waals surface area contributed by atoms with Crippen LogP contribution >= 0.6 is 0 Å². The van der Waals surface area contributed by atoms with Crippen LogP contribution in [0.5, 0.6) is 11.6 Å². The average molecular weight is 286 g/mol. The lowest BCUT2D eigenvalue weighted by molar-refractivity contribution is 0.0696. The first-order chi connectivity index (χ1) is 9.97. The molecule has 0 aliphatic carbocycles. The first kappa shape index (κ1) is 14.5. The van der Waals surface area contributed by atoms with Crippen molar-refractivity contribution in [2.24, 2.45) is 0 Å². The number of ether oxygens (including phenoxy) is 1. The van der Waals surface area contributed by atoms with Crippen molar-refractivity contribution >= 4 is 11.9 Å². The molecule has 0 fully saturated rings. The summed E-state index contributed by atoms with van der Waals surface area (Å²) in [7, 11) is 3.33. The Labute approximate surface area is 121 Å². The molecule has 108 valence electrons. The van der Waals surface area contributed by atoms with Gasteiger partial charge in [0.2, 0.25) is 5.88 Å². The van der Waals surface area contributed by atoms with Gasteiger partial charge >= 0.3 is 5.97 Å². The van der Waals surface area contributed by atoms with Crippen LogP contribution in [0.15, 0.2) is 42.6 Å². The largest absolute Gasteiger partial charge is 0.478 e. The van der Waals surface area contributed by atoms with E-state index in [0.717, 1.165) is 0 Å². The van der Waals surface area contributed by atoms with Crippen LogP contribution in [0.4, 0.5) is 0 Å². The minimum atomic E-state index is -0.994. The van der Waals surface area contributed by atoms with Crippen LogP contribution in [0.2, 0.25) is 0 Å². The van der Waals surface area contributed by atoms with Crippen LogP contribution < -0.4 is 4.74 Å². The zero-order valence-electron chi connectivity index (χ0n) is 11.6. The van der Waals surface area contributed by atoms with Gasteiger partial charge in [0.25, 0.3) is 5.91 Å². The number of nitrogens with zero attached hydrogens (tertiary/aromatic N) is 2. The predicted molar refractivity (Wildman–Crippen MR) is 75.7 cm³/mol. The second-order valence-electron chi connectivity index (χ2n) is 4.52. The Bertz CT molecular complexity index is 648. The Morgan fingerprint density at radius 2 is 1.67 bits per heavy atom. The molecule has 0 atom stereocenters. The molecule has 0 saturated heterocycles. The second-order valence-corrected chi connectivity index (χ2v) is 4.52. The molecule has 0 saturated carbocycles. The van der Waals surface area contributed by atoms with Gasteiger partial charge in [-0.2, -0.15) is 0 Å². The highest BCUT2D eigenvalue weighted by molar-refractivity contribution is 5.93. The highest BCUT2D eigenvalue weighted by atomic mass is 16.5. The van der Waals surface area contributed by atoms with Gasteiger partial charge < -0.3 is 14.7 Å². The first-order valence-electron chi connectivity index (χ1n) is 6.16. The Morgan fingerprint density at radius 1 is 1.05 bits per heavy atom. The molecule has 1 N–H and O–H groups in total. The molecule has 0 aliphatic heterocycles. The molecule has 0 bridgehead atoms. The first-order valence-corrected chi connectivity index (χ1v) is 6.16.